The quantitative estimate of drug-likeness (QED) is 0.379. The van der Waals surface area contributed by atoms with Crippen LogP contribution in [0.4, 0.5) is 27.9 Å². The van der Waals surface area contributed by atoms with E-state index in [1.807, 2.05) is 0 Å². The average molecular weight is 439 g/mol. The third-order valence-electron chi connectivity index (χ3n) is 2.36. The SMILES string of the molecule is CC(C)(C)P(c1ccccc1)C(C)(C)C.F.F.F.F.OF.OF.[H+].[O]=[Ti]. The molecule has 1 rings (SSSR count). The van der Waals surface area contributed by atoms with Crippen LogP contribution in [-0.2, 0) is 23.7 Å². The molecule has 0 bridgehead atoms. The first-order valence-corrected chi connectivity index (χ1v) is 8.10. The van der Waals surface area contributed by atoms with Gasteiger partial charge >= 0.3 is 25.2 Å². The third kappa shape index (κ3) is 19.8. The third-order valence-corrected chi connectivity index (χ3v) is 5.85. The van der Waals surface area contributed by atoms with Crippen LogP contribution in [0.5, 0.6) is 0 Å². The van der Waals surface area contributed by atoms with Crippen LogP contribution in [0.3, 0.4) is 0 Å². The fourth-order valence-electron chi connectivity index (χ4n) is 2.36. The van der Waals surface area contributed by atoms with E-state index < -0.39 is 0 Å². The molecule has 1 aromatic carbocycles. The molecule has 0 aliphatic rings. The first kappa shape index (κ1) is 44.3. The van der Waals surface area contributed by atoms with Gasteiger partial charge in [-0.05, 0) is 15.6 Å². The first-order chi connectivity index (χ1) is 9.73. The molecule has 0 aromatic heterocycles. The van der Waals surface area contributed by atoms with Gasteiger partial charge in [0.05, 0.1) is 0 Å². The maximum absolute atomic E-state index is 8.50. The minimum atomic E-state index is -0.138. The fraction of sp³-hybridized carbons (Fsp3) is 0.571. The van der Waals surface area contributed by atoms with Crippen molar-refractivity contribution in [3.63, 3.8) is 0 Å². The van der Waals surface area contributed by atoms with Gasteiger partial charge < -0.3 is 0 Å². The van der Waals surface area contributed by atoms with Crippen LogP contribution < -0.4 is 5.30 Å². The van der Waals surface area contributed by atoms with Gasteiger partial charge in [-0.2, -0.15) is 0 Å². The molecule has 0 unspecified atom stereocenters. The minimum absolute atomic E-state index is 0. The summed E-state index contributed by atoms with van der Waals surface area (Å²) in [5, 5.41) is 13.3. The van der Waals surface area contributed by atoms with E-state index in [2.05, 4.69) is 71.9 Å². The Bertz CT molecular complexity index is 343. The number of halogens is 6. The molecule has 0 atom stereocenters. The van der Waals surface area contributed by atoms with Crippen LogP contribution in [0.1, 0.15) is 43.0 Å². The van der Waals surface area contributed by atoms with Crippen molar-refractivity contribution in [3.05, 3.63) is 30.3 Å². The molecule has 25 heavy (non-hydrogen) atoms. The standard InChI is InChI=1S/C14H23P.2FHO.4FH.O.Ti/c1-13(2,3)15(14(4,5)6)12-10-8-7-9-11-12;2*1-2;;;;;;/h7-11H,1-6H3;2*2H;4*1H;;/p+1. The molecular weight excluding hydrogens is 409 g/mol. The number of benzene rings is 1. The number of hydrogen-bond donors (Lipinski definition) is 2. The molecule has 154 valence electrons. The Kier molecular flexibility index (Phi) is 41.9. The zero-order valence-electron chi connectivity index (χ0n) is 16.0. The zero-order valence-corrected chi connectivity index (χ0v) is 17.5. The van der Waals surface area contributed by atoms with Gasteiger partial charge in [0.1, 0.15) is 0 Å². The van der Waals surface area contributed by atoms with Gasteiger partial charge in [0.25, 0.3) is 0 Å². The van der Waals surface area contributed by atoms with Crippen LogP contribution in [-0.4, -0.2) is 20.9 Å². The van der Waals surface area contributed by atoms with E-state index in [0.717, 1.165) is 20.4 Å². The predicted octanol–water partition coefficient (Wildman–Crippen LogP) is 4.72. The van der Waals surface area contributed by atoms with Crippen molar-refractivity contribution in [3.8, 4) is 0 Å². The summed E-state index contributed by atoms with van der Waals surface area (Å²) < 4.78 is 25.2. The number of rotatable bonds is 1. The predicted molar refractivity (Wildman–Crippen MR) is 91.0 cm³/mol. The van der Waals surface area contributed by atoms with E-state index in [1.165, 1.54) is 5.30 Å². The fourth-order valence-corrected chi connectivity index (χ4v) is 6.39. The van der Waals surface area contributed by atoms with Gasteiger partial charge in [-0.1, -0.05) is 88.8 Å². The van der Waals surface area contributed by atoms with Crippen molar-refractivity contribution >= 4 is 13.2 Å². The van der Waals surface area contributed by atoms with Crippen LogP contribution in [0.25, 0.3) is 0 Å². The van der Waals surface area contributed by atoms with E-state index >= 15 is 0 Å². The normalized spacial score (nSPS) is 8.56. The van der Waals surface area contributed by atoms with Crippen molar-refractivity contribution in [2.45, 2.75) is 51.9 Å². The van der Waals surface area contributed by atoms with Crippen LogP contribution in [0, 0.1) is 0 Å². The molecule has 0 saturated carbocycles. The summed E-state index contributed by atoms with van der Waals surface area (Å²) in [6.07, 6.45) is 0. The van der Waals surface area contributed by atoms with Crippen molar-refractivity contribution in [2.24, 2.45) is 0 Å². The molecular formula is C14H30F6O3PTi+. The molecule has 3 nitrogen and oxygen atoms in total. The Hall–Kier alpha value is -0.336. The van der Waals surface area contributed by atoms with Gasteiger partial charge in [-0.15, -0.1) is 0 Å². The average Bonchev–Trinajstić information content (AvgIpc) is 2.43. The van der Waals surface area contributed by atoms with Gasteiger partial charge in [-0.25, -0.2) is 10.6 Å². The van der Waals surface area contributed by atoms with E-state index in [0.29, 0.717) is 10.3 Å². The summed E-state index contributed by atoms with van der Waals surface area (Å²) in [5.41, 5.74) is 0. The summed E-state index contributed by atoms with van der Waals surface area (Å²) in [6.45, 7) is 14.1. The van der Waals surface area contributed by atoms with E-state index in [-0.39, 0.29) is 28.2 Å². The molecule has 0 saturated heterocycles. The Balaban J connectivity index is -0.0000000447. The van der Waals surface area contributed by atoms with Crippen LogP contribution >= 0.6 is 7.92 Å². The molecule has 1 aromatic rings. The summed E-state index contributed by atoms with van der Waals surface area (Å²) in [7, 11) is -0.138. The Morgan fingerprint density at radius 2 is 1.00 bits per heavy atom. The van der Waals surface area contributed by atoms with Crippen molar-refractivity contribution in [1.29, 1.82) is 0 Å². The molecule has 0 heterocycles. The monoisotopic (exact) mass is 439 g/mol. The molecule has 11 heteroatoms. The second-order valence-corrected chi connectivity index (χ2v) is 9.88. The second-order valence-electron chi connectivity index (χ2n) is 6.01. The summed E-state index contributed by atoms with van der Waals surface area (Å²) >= 11 is 0.750. The number of hydrogen-bond acceptors (Lipinski definition) is 3. The zero-order chi connectivity index (χ0) is 17.7. The van der Waals surface area contributed by atoms with E-state index in [9.17, 15) is 0 Å². The van der Waals surface area contributed by atoms with Gasteiger partial charge in [-0.3, -0.25) is 18.8 Å². The van der Waals surface area contributed by atoms with Gasteiger partial charge in [0.2, 0.25) is 0 Å². The van der Waals surface area contributed by atoms with Gasteiger partial charge in [0, 0.05) is 0 Å². The molecule has 0 fully saturated rings. The van der Waals surface area contributed by atoms with Crippen molar-refractivity contribution in [2.75, 3.05) is 0 Å². The van der Waals surface area contributed by atoms with Crippen LogP contribution in [0.15, 0.2) is 30.3 Å². The Labute approximate surface area is 159 Å². The van der Waals surface area contributed by atoms with E-state index in [4.69, 9.17) is 23.0 Å². The van der Waals surface area contributed by atoms with E-state index in [1.54, 1.807) is 0 Å². The molecule has 0 spiro atoms. The second kappa shape index (κ2) is 23.7. The van der Waals surface area contributed by atoms with Gasteiger partial charge in [0.15, 0.2) is 0 Å². The topological polar surface area (TPSA) is 57.5 Å². The Morgan fingerprint density at radius 3 is 1.20 bits per heavy atom. The van der Waals surface area contributed by atoms with Crippen LogP contribution in [0.2, 0.25) is 0 Å². The van der Waals surface area contributed by atoms with Crippen molar-refractivity contribution < 1.29 is 63.6 Å². The molecule has 0 aliphatic carbocycles. The maximum atomic E-state index is 8.50. The first-order valence-electron chi connectivity index (χ1n) is 6.12. The summed E-state index contributed by atoms with van der Waals surface area (Å²) in [6, 6.07) is 11.0. The molecule has 0 amide bonds. The van der Waals surface area contributed by atoms with Crippen molar-refractivity contribution in [1.82, 2.24) is 0 Å². The molecule has 2 N–H and O–H groups in total. The molecule has 0 radical (unpaired) electrons. The Morgan fingerprint density at radius 1 is 0.760 bits per heavy atom. The summed E-state index contributed by atoms with van der Waals surface area (Å²) in [5.74, 6) is 0. The summed E-state index contributed by atoms with van der Waals surface area (Å²) in [4.78, 5) is 0. The molecule has 0 aliphatic heterocycles.